The normalized spacial score (nSPS) is 13.9. The highest BCUT2D eigenvalue weighted by atomic mass is 16.3. The quantitative estimate of drug-likeness (QED) is 0.842. The summed E-state index contributed by atoms with van der Waals surface area (Å²) in [6.45, 7) is 2.25. The average Bonchev–Trinajstić information content (AvgIpc) is 2.46. The molecule has 0 aromatic heterocycles. The fourth-order valence-electron chi connectivity index (χ4n) is 2.07. The summed E-state index contributed by atoms with van der Waals surface area (Å²) in [4.78, 5) is 0. The van der Waals surface area contributed by atoms with Crippen LogP contribution in [0.15, 0.2) is 60.7 Å². The van der Waals surface area contributed by atoms with Crippen molar-refractivity contribution in [3.05, 3.63) is 66.2 Å². The average molecular weight is 241 g/mol. The number of hydrogen-bond acceptors (Lipinski definition) is 2. The van der Waals surface area contributed by atoms with Crippen LogP contribution in [0.25, 0.3) is 0 Å². The Kier molecular flexibility index (Phi) is 4.37. The maximum atomic E-state index is 9.56. The van der Waals surface area contributed by atoms with Crippen LogP contribution in [-0.4, -0.2) is 17.8 Å². The lowest BCUT2D eigenvalue weighted by atomic mass is 9.93. The highest BCUT2D eigenvalue weighted by molar-refractivity contribution is 5.44. The number of aliphatic hydroxyl groups excluding tert-OH is 1. The van der Waals surface area contributed by atoms with Crippen LogP contribution in [0.1, 0.15) is 18.4 Å². The summed E-state index contributed by atoms with van der Waals surface area (Å²) in [7, 11) is 0. The van der Waals surface area contributed by atoms with Crippen molar-refractivity contribution < 1.29 is 5.11 Å². The van der Waals surface area contributed by atoms with E-state index >= 15 is 0 Å². The van der Waals surface area contributed by atoms with Crippen LogP contribution in [0.4, 0.5) is 5.69 Å². The van der Waals surface area contributed by atoms with Gasteiger partial charge in [-0.1, -0.05) is 55.5 Å². The van der Waals surface area contributed by atoms with E-state index in [-0.39, 0.29) is 18.6 Å². The van der Waals surface area contributed by atoms with Gasteiger partial charge in [-0.15, -0.1) is 0 Å². The Hall–Kier alpha value is -1.80. The lowest BCUT2D eigenvalue weighted by Gasteiger charge is -2.24. The van der Waals surface area contributed by atoms with Gasteiger partial charge in [-0.05, 0) is 17.7 Å². The van der Waals surface area contributed by atoms with Gasteiger partial charge in [0.05, 0.1) is 12.6 Å². The maximum Gasteiger partial charge on any atom is 0.0638 e. The smallest absolute Gasteiger partial charge is 0.0638 e. The van der Waals surface area contributed by atoms with Crippen LogP contribution in [0.5, 0.6) is 0 Å². The van der Waals surface area contributed by atoms with Gasteiger partial charge in [0.25, 0.3) is 0 Å². The van der Waals surface area contributed by atoms with Crippen LogP contribution in [0, 0.1) is 0 Å². The molecule has 0 bridgehead atoms. The monoisotopic (exact) mass is 241 g/mol. The third kappa shape index (κ3) is 3.11. The molecule has 0 radical (unpaired) electrons. The van der Waals surface area contributed by atoms with Gasteiger partial charge in [0.1, 0.15) is 0 Å². The molecule has 18 heavy (non-hydrogen) atoms. The predicted octanol–water partition coefficient (Wildman–Crippen LogP) is 3.26. The Balaban J connectivity index is 2.09. The van der Waals surface area contributed by atoms with E-state index in [0.717, 1.165) is 5.69 Å². The first-order valence-corrected chi connectivity index (χ1v) is 6.28. The minimum Gasteiger partial charge on any atom is -0.394 e. The van der Waals surface area contributed by atoms with Crippen molar-refractivity contribution in [2.75, 3.05) is 11.9 Å². The fraction of sp³-hybridized carbons (Fsp3) is 0.250. The second-order valence-corrected chi connectivity index (χ2v) is 4.50. The van der Waals surface area contributed by atoms with E-state index in [1.54, 1.807) is 0 Å². The van der Waals surface area contributed by atoms with Gasteiger partial charge in [-0.3, -0.25) is 0 Å². The molecular formula is C16H19NO. The Morgan fingerprint density at radius 3 is 2.06 bits per heavy atom. The largest absolute Gasteiger partial charge is 0.394 e. The van der Waals surface area contributed by atoms with Crippen molar-refractivity contribution in [2.45, 2.75) is 18.9 Å². The van der Waals surface area contributed by atoms with Crippen molar-refractivity contribution >= 4 is 5.69 Å². The Labute approximate surface area is 108 Å². The number of anilines is 1. The number of benzene rings is 2. The van der Waals surface area contributed by atoms with Crippen LogP contribution in [-0.2, 0) is 0 Å². The summed E-state index contributed by atoms with van der Waals surface area (Å²) >= 11 is 0. The molecule has 0 fully saturated rings. The van der Waals surface area contributed by atoms with Gasteiger partial charge in [-0.2, -0.15) is 0 Å². The maximum absolute atomic E-state index is 9.56. The molecule has 2 rings (SSSR count). The third-order valence-electron chi connectivity index (χ3n) is 3.25. The minimum atomic E-state index is 0.0230. The van der Waals surface area contributed by atoms with E-state index < -0.39 is 0 Å². The molecule has 2 atom stereocenters. The summed E-state index contributed by atoms with van der Waals surface area (Å²) in [6.07, 6.45) is 0. The number of aliphatic hydroxyl groups is 1. The van der Waals surface area contributed by atoms with E-state index in [1.807, 2.05) is 48.5 Å². The number of nitrogens with one attached hydrogen (secondary N) is 1. The first-order valence-electron chi connectivity index (χ1n) is 6.28. The predicted molar refractivity (Wildman–Crippen MR) is 75.8 cm³/mol. The summed E-state index contributed by atoms with van der Waals surface area (Å²) in [5, 5.41) is 12.9. The van der Waals surface area contributed by atoms with Gasteiger partial charge >= 0.3 is 0 Å². The first kappa shape index (κ1) is 12.7. The first-order chi connectivity index (χ1) is 8.81. The Bertz CT molecular complexity index is 455. The number of hydrogen-bond donors (Lipinski definition) is 2. The lowest BCUT2D eigenvalue weighted by molar-refractivity contribution is 0.262. The molecule has 94 valence electrons. The second kappa shape index (κ2) is 6.22. The molecule has 0 saturated heterocycles. The van der Waals surface area contributed by atoms with E-state index in [9.17, 15) is 5.11 Å². The van der Waals surface area contributed by atoms with Crippen molar-refractivity contribution in [1.82, 2.24) is 0 Å². The lowest BCUT2D eigenvalue weighted by Crippen LogP contribution is -2.29. The Morgan fingerprint density at radius 1 is 0.944 bits per heavy atom. The van der Waals surface area contributed by atoms with E-state index in [1.165, 1.54) is 5.56 Å². The summed E-state index contributed by atoms with van der Waals surface area (Å²) < 4.78 is 0. The van der Waals surface area contributed by atoms with Gasteiger partial charge in [-0.25, -0.2) is 0 Å². The molecule has 2 aromatic carbocycles. The molecule has 0 aliphatic rings. The zero-order valence-corrected chi connectivity index (χ0v) is 10.6. The second-order valence-electron chi connectivity index (χ2n) is 4.50. The molecule has 2 aromatic rings. The zero-order valence-electron chi connectivity index (χ0n) is 10.6. The van der Waals surface area contributed by atoms with Crippen molar-refractivity contribution in [3.8, 4) is 0 Å². The van der Waals surface area contributed by atoms with Gasteiger partial charge in [0.2, 0.25) is 0 Å². The third-order valence-corrected chi connectivity index (χ3v) is 3.25. The topological polar surface area (TPSA) is 32.3 Å². The van der Waals surface area contributed by atoms with Gasteiger partial charge < -0.3 is 10.4 Å². The molecule has 0 aliphatic heterocycles. The molecule has 2 unspecified atom stereocenters. The van der Waals surface area contributed by atoms with Crippen LogP contribution in [0.3, 0.4) is 0 Å². The minimum absolute atomic E-state index is 0.0230. The van der Waals surface area contributed by atoms with E-state index in [0.29, 0.717) is 0 Å². The summed E-state index contributed by atoms with van der Waals surface area (Å²) in [6, 6.07) is 20.3. The van der Waals surface area contributed by atoms with E-state index in [4.69, 9.17) is 0 Å². The van der Waals surface area contributed by atoms with Crippen molar-refractivity contribution in [1.29, 1.82) is 0 Å². The number of para-hydroxylation sites is 1. The Morgan fingerprint density at radius 2 is 1.50 bits per heavy atom. The summed E-state index contributed by atoms with van der Waals surface area (Å²) in [5.41, 5.74) is 2.28. The van der Waals surface area contributed by atoms with Crippen molar-refractivity contribution in [2.24, 2.45) is 0 Å². The van der Waals surface area contributed by atoms with E-state index in [2.05, 4.69) is 24.4 Å². The molecule has 0 aliphatic carbocycles. The molecule has 2 heteroatoms. The van der Waals surface area contributed by atoms with Crippen LogP contribution < -0.4 is 5.32 Å². The molecular weight excluding hydrogens is 222 g/mol. The van der Waals surface area contributed by atoms with Crippen LogP contribution in [0.2, 0.25) is 0 Å². The van der Waals surface area contributed by atoms with Gasteiger partial charge in [0.15, 0.2) is 0 Å². The molecule has 0 amide bonds. The molecule has 2 nitrogen and oxygen atoms in total. The number of rotatable bonds is 5. The molecule has 0 saturated carbocycles. The van der Waals surface area contributed by atoms with Gasteiger partial charge in [0, 0.05) is 11.6 Å². The molecule has 2 N–H and O–H groups in total. The van der Waals surface area contributed by atoms with Crippen molar-refractivity contribution in [3.63, 3.8) is 0 Å². The van der Waals surface area contributed by atoms with Crippen LogP contribution >= 0.6 is 0 Å². The highest BCUT2D eigenvalue weighted by Crippen LogP contribution is 2.21. The summed E-state index contributed by atoms with van der Waals surface area (Å²) in [5.74, 6) is 0.261. The SMILES string of the molecule is CC(c1ccccc1)C(CO)Nc1ccccc1. The zero-order chi connectivity index (χ0) is 12.8. The highest BCUT2D eigenvalue weighted by Gasteiger charge is 2.17. The fourth-order valence-corrected chi connectivity index (χ4v) is 2.07. The standard InChI is InChI=1S/C16H19NO/c1-13(14-8-4-2-5-9-14)16(12-18)17-15-10-6-3-7-11-15/h2-11,13,16-18H,12H2,1H3. The molecule has 0 heterocycles. The molecule has 0 spiro atoms.